The molecule has 0 bridgehead atoms. The molecule has 1 aromatic carbocycles. The molecule has 1 atom stereocenters. The minimum Gasteiger partial charge on any atom is -0.324 e. The molecule has 0 amide bonds. The molecule has 0 fully saturated rings. The summed E-state index contributed by atoms with van der Waals surface area (Å²) in [6.07, 6.45) is 0.841. The molecular formula is C12H13ClF2N2. The Morgan fingerprint density at radius 3 is 2.71 bits per heavy atom. The Bertz CT molecular complexity index is 551. The standard InChI is InChI=1S/C12H13ClF2N2/c1-3-7(2)17-10-5-8(14)4-9(15)12(10)16-11(17)6-13/h4-5,7H,3,6H2,1-2H3. The van der Waals surface area contributed by atoms with Crippen molar-refractivity contribution in [2.75, 3.05) is 0 Å². The van der Waals surface area contributed by atoms with Crippen LogP contribution in [-0.2, 0) is 5.88 Å². The van der Waals surface area contributed by atoms with Crippen LogP contribution in [0, 0.1) is 11.6 Å². The lowest BCUT2D eigenvalue weighted by Gasteiger charge is -2.14. The second-order valence-electron chi connectivity index (χ2n) is 4.04. The van der Waals surface area contributed by atoms with Crippen LogP contribution in [0.4, 0.5) is 8.78 Å². The maximum Gasteiger partial charge on any atom is 0.153 e. The lowest BCUT2D eigenvalue weighted by atomic mass is 10.2. The van der Waals surface area contributed by atoms with E-state index in [2.05, 4.69) is 4.98 Å². The summed E-state index contributed by atoms with van der Waals surface area (Å²) >= 11 is 5.80. The van der Waals surface area contributed by atoms with Crippen LogP contribution in [-0.4, -0.2) is 9.55 Å². The van der Waals surface area contributed by atoms with E-state index in [4.69, 9.17) is 11.6 Å². The van der Waals surface area contributed by atoms with Crippen molar-refractivity contribution in [1.29, 1.82) is 0 Å². The molecule has 0 aliphatic heterocycles. The molecule has 2 aromatic rings. The van der Waals surface area contributed by atoms with Gasteiger partial charge >= 0.3 is 0 Å². The zero-order valence-electron chi connectivity index (χ0n) is 9.67. The highest BCUT2D eigenvalue weighted by Gasteiger charge is 2.17. The van der Waals surface area contributed by atoms with Gasteiger partial charge in [-0.25, -0.2) is 13.8 Å². The number of alkyl halides is 1. The van der Waals surface area contributed by atoms with Crippen molar-refractivity contribution in [2.24, 2.45) is 0 Å². The predicted octanol–water partition coefficient (Wildman–Crippen LogP) is 4.02. The molecule has 0 N–H and O–H groups in total. The van der Waals surface area contributed by atoms with E-state index in [1.54, 1.807) is 4.57 Å². The number of fused-ring (bicyclic) bond motifs is 1. The van der Waals surface area contributed by atoms with Crippen molar-refractivity contribution in [2.45, 2.75) is 32.2 Å². The van der Waals surface area contributed by atoms with Crippen LogP contribution in [0.1, 0.15) is 32.1 Å². The van der Waals surface area contributed by atoms with E-state index in [9.17, 15) is 8.78 Å². The number of benzene rings is 1. The molecular weight excluding hydrogens is 246 g/mol. The summed E-state index contributed by atoms with van der Waals surface area (Å²) in [5.74, 6) is -0.491. The molecule has 0 radical (unpaired) electrons. The molecule has 0 aliphatic carbocycles. The van der Waals surface area contributed by atoms with Crippen LogP contribution in [0.2, 0.25) is 0 Å². The lowest BCUT2D eigenvalue weighted by Crippen LogP contribution is -2.07. The number of hydrogen-bond donors (Lipinski definition) is 0. The quantitative estimate of drug-likeness (QED) is 0.760. The Balaban J connectivity index is 2.78. The molecule has 2 rings (SSSR count). The molecule has 2 nitrogen and oxygen atoms in total. The summed E-state index contributed by atoms with van der Waals surface area (Å²) in [5.41, 5.74) is 0.648. The number of halogens is 3. The smallest absolute Gasteiger partial charge is 0.153 e. The second kappa shape index (κ2) is 4.61. The number of hydrogen-bond acceptors (Lipinski definition) is 1. The Morgan fingerprint density at radius 2 is 2.12 bits per heavy atom. The van der Waals surface area contributed by atoms with Crippen molar-refractivity contribution < 1.29 is 8.78 Å². The van der Waals surface area contributed by atoms with Crippen molar-refractivity contribution in [3.8, 4) is 0 Å². The summed E-state index contributed by atoms with van der Waals surface area (Å²) in [4.78, 5) is 4.13. The van der Waals surface area contributed by atoms with E-state index in [1.165, 1.54) is 6.07 Å². The number of nitrogens with zero attached hydrogens (tertiary/aromatic N) is 2. The third-order valence-electron chi connectivity index (χ3n) is 2.94. The van der Waals surface area contributed by atoms with Crippen molar-refractivity contribution in [3.63, 3.8) is 0 Å². The number of aromatic nitrogens is 2. The molecule has 17 heavy (non-hydrogen) atoms. The van der Waals surface area contributed by atoms with E-state index in [0.717, 1.165) is 12.5 Å². The Labute approximate surface area is 103 Å². The maximum atomic E-state index is 13.6. The van der Waals surface area contributed by atoms with Gasteiger partial charge in [-0.3, -0.25) is 0 Å². The SMILES string of the molecule is CCC(C)n1c(CCl)nc2c(F)cc(F)cc21. The Morgan fingerprint density at radius 1 is 1.41 bits per heavy atom. The summed E-state index contributed by atoms with van der Waals surface area (Å²) in [6, 6.07) is 2.25. The van der Waals surface area contributed by atoms with Gasteiger partial charge in [0.15, 0.2) is 5.82 Å². The van der Waals surface area contributed by atoms with Gasteiger partial charge in [-0.1, -0.05) is 6.92 Å². The first-order valence-corrected chi connectivity index (χ1v) is 6.03. The number of rotatable bonds is 3. The normalized spacial score (nSPS) is 13.2. The van der Waals surface area contributed by atoms with Gasteiger partial charge in [0, 0.05) is 12.1 Å². The summed E-state index contributed by atoms with van der Waals surface area (Å²) in [6.45, 7) is 3.98. The van der Waals surface area contributed by atoms with Gasteiger partial charge in [0.1, 0.15) is 17.2 Å². The molecule has 5 heteroatoms. The molecule has 0 spiro atoms. The maximum absolute atomic E-state index is 13.6. The Hall–Kier alpha value is -1.16. The predicted molar refractivity (Wildman–Crippen MR) is 64.2 cm³/mol. The topological polar surface area (TPSA) is 17.8 Å². The van der Waals surface area contributed by atoms with Gasteiger partial charge < -0.3 is 4.57 Å². The average Bonchev–Trinajstić information content (AvgIpc) is 2.66. The monoisotopic (exact) mass is 258 g/mol. The largest absolute Gasteiger partial charge is 0.324 e. The molecule has 1 heterocycles. The van der Waals surface area contributed by atoms with Crippen LogP contribution in [0.25, 0.3) is 11.0 Å². The molecule has 92 valence electrons. The van der Waals surface area contributed by atoms with E-state index in [-0.39, 0.29) is 17.4 Å². The summed E-state index contributed by atoms with van der Waals surface area (Å²) in [7, 11) is 0. The molecule has 1 aromatic heterocycles. The number of imidazole rings is 1. The highest BCUT2D eigenvalue weighted by molar-refractivity contribution is 6.16. The minimum atomic E-state index is -0.645. The first-order valence-electron chi connectivity index (χ1n) is 5.50. The van der Waals surface area contributed by atoms with E-state index in [0.29, 0.717) is 11.3 Å². The van der Waals surface area contributed by atoms with Crippen LogP contribution in [0.3, 0.4) is 0 Å². The summed E-state index contributed by atoms with van der Waals surface area (Å²) < 4.78 is 28.6. The highest BCUT2D eigenvalue weighted by Crippen LogP contribution is 2.26. The third-order valence-corrected chi connectivity index (χ3v) is 3.18. The summed E-state index contributed by atoms with van der Waals surface area (Å²) in [5, 5.41) is 0. The van der Waals surface area contributed by atoms with E-state index >= 15 is 0 Å². The van der Waals surface area contributed by atoms with Crippen molar-refractivity contribution in [1.82, 2.24) is 9.55 Å². The molecule has 0 saturated carbocycles. The highest BCUT2D eigenvalue weighted by atomic mass is 35.5. The van der Waals surface area contributed by atoms with Gasteiger partial charge in [-0.05, 0) is 19.4 Å². The second-order valence-corrected chi connectivity index (χ2v) is 4.31. The first-order chi connectivity index (χ1) is 8.08. The van der Waals surface area contributed by atoms with Crippen molar-refractivity contribution in [3.05, 3.63) is 29.6 Å². The molecule has 0 aliphatic rings. The zero-order valence-corrected chi connectivity index (χ0v) is 10.4. The molecule has 0 saturated heterocycles. The fourth-order valence-corrected chi connectivity index (χ4v) is 2.13. The van der Waals surface area contributed by atoms with Crippen LogP contribution >= 0.6 is 11.6 Å². The average molecular weight is 259 g/mol. The van der Waals surface area contributed by atoms with E-state index < -0.39 is 11.6 Å². The minimum absolute atomic E-state index is 0.106. The van der Waals surface area contributed by atoms with Gasteiger partial charge in [0.25, 0.3) is 0 Å². The zero-order chi connectivity index (χ0) is 12.6. The lowest BCUT2D eigenvalue weighted by molar-refractivity contribution is 0.528. The first kappa shape index (κ1) is 12.3. The van der Waals surface area contributed by atoms with E-state index in [1.807, 2.05) is 13.8 Å². The third kappa shape index (κ3) is 2.02. The van der Waals surface area contributed by atoms with Crippen LogP contribution in [0.15, 0.2) is 12.1 Å². The van der Waals surface area contributed by atoms with Gasteiger partial charge in [-0.2, -0.15) is 0 Å². The fourth-order valence-electron chi connectivity index (χ4n) is 1.94. The van der Waals surface area contributed by atoms with Crippen LogP contribution < -0.4 is 0 Å². The van der Waals surface area contributed by atoms with Gasteiger partial charge in [-0.15, -0.1) is 11.6 Å². The van der Waals surface area contributed by atoms with Crippen molar-refractivity contribution >= 4 is 22.6 Å². The van der Waals surface area contributed by atoms with Crippen LogP contribution in [0.5, 0.6) is 0 Å². The van der Waals surface area contributed by atoms with Gasteiger partial charge in [0.05, 0.1) is 11.4 Å². The molecule has 1 unspecified atom stereocenters. The van der Waals surface area contributed by atoms with Gasteiger partial charge in [0.2, 0.25) is 0 Å². The Kier molecular flexibility index (Phi) is 3.33. The fraction of sp³-hybridized carbons (Fsp3) is 0.417.